The zero-order valence-corrected chi connectivity index (χ0v) is 13.1. The molecule has 1 aromatic carbocycles. The van der Waals surface area contributed by atoms with Gasteiger partial charge in [-0.2, -0.15) is 5.26 Å². The summed E-state index contributed by atoms with van der Waals surface area (Å²) in [5.41, 5.74) is 0.683. The lowest BCUT2D eigenvalue weighted by molar-refractivity contribution is -0.123. The van der Waals surface area contributed by atoms with Crippen molar-refractivity contribution in [2.75, 3.05) is 5.32 Å². The van der Waals surface area contributed by atoms with Crippen molar-refractivity contribution >= 4 is 33.5 Å². The number of carbonyl (C=O) groups is 2. The maximum atomic E-state index is 12.0. The van der Waals surface area contributed by atoms with Crippen molar-refractivity contribution in [2.24, 2.45) is 0 Å². The molecule has 0 saturated heterocycles. The molecule has 1 atom stereocenters. The van der Waals surface area contributed by atoms with Gasteiger partial charge in [0, 0.05) is 0 Å². The number of halogens is 1. The van der Waals surface area contributed by atoms with Gasteiger partial charge in [-0.05, 0) is 47.1 Å². The Kier molecular flexibility index (Phi) is 4.96. The van der Waals surface area contributed by atoms with E-state index in [0.717, 1.165) is 0 Å². The predicted molar refractivity (Wildman–Crippen MR) is 81.1 cm³/mol. The Balaban J connectivity index is 2.01. The minimum Gasteiger partial charge on any atom is -0.447 e. The van der Waals surface area contributed by atoms with Crippen LogP contribution in [0.1, 0.15) is 23.0 Å². The van der Waals surface area contributed by atoms with Crippen LogP contribution in [0.2, 0.25) is 0 Å². The fourth-order valence-corrected chi connectivity index (χ4v) is 1.93. The topological polar surface area (TPSA) is 92.3 Å². The minimum absolute atomic E-state index is 0.0102. The van der Waals surface area contributed by atoms with Crippen molar-refractivity contribution in [3.63, 3.8) is 0 Å². The molecule has 1 heterocycles. The van der Waals surface area contributed by atoms with E-state index < -0.39 is 18.0 Å². The fourth-order valence-electron chi connectivity index (χ4n) is 1.62. The summed E-state index contributed by atoms with van der Waals surface area (Å²) in [5, 5.41) is 11.5. The van der Waals surface area contributed by atoms with Crippen LogP contribution in [0, 0.1) is 11.3 Å². The molecule has 6 nitrogen and oxygen atoms in total. The third kappa shape index (κ3) is 3.74. The summed E-state index contributed by atoms with van der Waals surface area (Å²) in [7, 11) is 0. The summed E-state index contributed by atoms with van der Waals surface area (Å²) >= 11 is 3.07. The van der Waals surface area contributed by atoms with Crippen LogP contribution in [0.15, 0.2) is 45.5 Å². The number of amides is 1. The molecule has 7 heteroatoms. The molecule has 22 heavy (non-hydrogen) atoms. The van der Waals surface area contributed by atoms with Gasteiger partial charge in [-0.3, -0.25) is 4.79 Å². The molecule has 1 amide bonds. The molecule has 0 unspecified atom stereocenters. The average Bonchev–Trinajstić information content (AvgIpc) is 2.94. The average molecular weight is 363 g/mol. The van der Waals surface area contributed by atoms with E-state index in [0.29, 0.717) is 15.9 Å². The smallest absolute Gasteiger partial charge is 0.375 e. The Morgan fingerprint density at radius 1 is 1.32 bits per heavy atom. The first-order valence-corrected chi connectivity index (χ1v) is 7.07. The van der Waals surface area contributed by atoms with Crippen molar-refractivity contribution in [3.05, 3.63) is 52.4 Å². The molecular weight excluding hydrogens is 352 g/mol. The van der Waals surface area contributed by atoms with E-state index in [-0.39, 0.29) is 5.76 Å². The molecule has 0 radical (unpaired) electrons. The van der Waals surface area contributed by atoms with E-state index in [2.05, 4.69) is 21.2 Å². The number of nitriles is 1. The van der Waals surface area contributed by atoms with Crippen LogP contribution < -0.4 is 5.32 Å². The molecule has 0 aliphatic carbocycles. The van der Waals surface area contributed by atoms with Crippen molar-refractivity contribution in [1.29, 1.82) is 5.26 Å². The zero-order chi connectivity index (χ0) is 16.1. The number of nitrogens with zero attached hydrogens (tertiary/aromatic N) is 1. The molecule has 0 aliphatic heterocycles. The van der Waals surface area contributed by atoms with Gasteiger partial charge >= 0.3 is 5.97 Å². The van der Waals surface area contributed by atoms with Crippen LogP contribution in [0.5, 0.6) is 0 Å². The molecule has 0 fully saturated rings. The summed E-state index contributed by atoms with van der Waals surface area (Å²) in [4.78, 5) is 23.8. The lowest BCUT2D eigenvalue weighted by Gasteiger charge is -2.13. The number of hydrogen-bond acceptors (Lipinski definition) is 5. The maximum absolute atomic E-state index is 12.0. The lowest BCUT2D eigenvalue weighted by atomic mass is 10.2. The SMILES string of the molecule is C[C@H](OC(=O)c1ccc(Br)o1)C(=O)Nc1ccccc1C#N. The van der Waals surface area contributed by atoms with E-state index in [1.165, 1.54) is 13.0 Å². The van der Waals surface area contributed by atoms with Crippen molar-refractivity contribution in [2.45, 2.75) is 13.0 Å². The Labute approximate surface area is 134 Å². The van der Waals surface area contributed by atoms with Gasteiger partial charge < -0.3 is 14.5 Å². The number of ether oxygens (including phenoxy) is 1. The second-order valence-corrected chi connectivity index (χ2v) is 5.08. The van der Waals surface area contributed by atoms with Crippen molar-refractivity contribution < 1.29 is 18.7 Å². The number of anilines is 1. The number of rotatable bonds is 4. The summed E-state index contributed by atoms with van der Waals surface area (Å²) in [6.07, 6.45) is -1.04. The van der Waals surface area contributed by atoms with Gasteiger partial charge in [-0.25, -0.2) is 4.79 Å². The van der Waals surface area contributed by atoms with Gasteiger partial charge in [0.15, 0.2) is 10.8 Å². The van der Waals surface area contributed by atoms with Crippen LogP contribution in [0.4, 0.5) is 5.69 Å². The van der Waals surface area contributed by atoms with E-state index in [4.69, 9.17) is 14.4 Å². The second kappa shape index (κ2) is 6.91. The molecule has 0 bridgehead atoms. The van der Waals surface area contributed by atoms with Gasteiger partial charge in [-0.15, -0.1) is 0 Å². The number of carbonyl (C=O) groups excluding carboxylic acids is 2. The second-order valence-electron chi connectivity index (χ2n) is 4.30. The number of hydrogen-bond donors (Lipinski definition) is 1. The highest BCUT2D eigenvalue weighted by Gasteiger charge is 2.21. The van der Waals surface area contributed by atoms with Crippen molar-refractivity contribution in [3.8, 4) is 6.07 Å². The minimum atomic E-state index is -1.04. The molecule has 0 saturated carbocycles. The molecule has 0 spiro atoms. The van der Waals surface area contributed by atoms with Crippen LogP contribution in [0.25, 0.3) is 0 Å². The van der Waals surface area contributed by atoms with Crippen LogP contribution in [-0.2, 0) is 9.53 Å². The summed E-state index contributed by atoms with van der Waals surface area (Å²) < 4.78 is 10.4. The van der Waals surface area contributed by atoms with Gasteiger partial charge in [-0.1, -0.05) is 12.1 Å². The van der Waals surface area contributed by atoms with E-state index in [9.17, 15) is 9.59 Å². The molecule has 1 N–H and O–H groups in total. The van der Waals surface area contributed by atoms with Gasteiger partial charge in [0.05, 0.1) is 11.3 Å². The number of esters is 1. The standard InChI is InChI=1S/C15H11BrN2O4/c1-9(21-15(20)12-6-7-13(16)22-12)14(19)18-11-5-3-2-4-10(11)8-17/h2-7,9H,1H3,(H,18,19)/t9-/m0/s1. The highest BCUT2D eigenvalue weighted by Crippen LogP contribution is 2.17. The fraction of sp³-hybridized carbons (Fsp3) is 0.133. The van der Waals surface area contributed by atoms with Gasteiger partial charge in [0.25, 0.3) is 5.91 Å². The Morgan fingerprint density at radius 3 is 2.68 bits per heavy atom. The lowest BCUT2D eigenvalue weighted by Crippen LogP contribution is -2.30. The first-order chi connectivity index (χ1) is 10.5. The van der Waals surface area contributed by atoms with Crippen LogP contribution in [-0.4, -0.2) is 18.0 Å². The summed E-state index contributed by atoms with van der Waals surface area (Å²) in [5.74, 6) is -1.30. The zero-order valence-electron chi connectivity index (χ0n) is 11.5. The monoisotopic (exact) mass is 362 g/mol. The highest BCUT2D eigenvalue weighted by molar-refractivity contribution is 9.10. The normalized spacial score (nSPS) is 11.3. The van der Waals surface area contributed by atoms with Gasteiger partial charge in [0.1, 0.15) is 6.07 Å². The van der Waals surface area contributed by atoms with Crippen molar-refractivity contribution in [1.82, 2.24) is 0 Å². The Bertz CT molecular complexity index is 748. The van der Waals surface area contributed by atoms with Crippen LogP contribution in [0.3, 0.4) is 0 Å². The molecule has 0 aliphatic rings. The molecule has 2 aromatic rings. The number of nitrogens with one attached hydrogen (secondary N) is 1. The Morgan fingerprint density at radius 2 is 2.05 bits per heavy atom. The van der Waals surface area contributed by atoms with E-state index >= 15 is 0 Å². The third-order valence-electron chi connectivity index (χ3n) is 2.73. The quantitative estimate of drug-likeness (QED) is 0.843. The molecule has 112 valence electrons. The molecular formula is C15H11BrN2O4. The van der Waals surface area contributed by atoms with Crippen LogP contribution >= 0.6 is 15.9 Å². The predicted octanol–water partition coefficient (Wildman–Crippen LogP) is 3.10. The highest BCUT2D eigenvalue weighted by atomic mass is 79.9. The molecule has 2 rings (SSSR count). The maximum Gasteiger partial charge on any atom is 0.375 e. The first-order valence-electron chi connectivity index (χ1n) is 6.27. The third-order valence-corrected chi connectivity index (χ3v) is 3.16. The first kappa shape index (κ1) is 15.8. The van der Waals surface area contributed by atoms with E-state index in [1.54, 1.807) is 30.3 Å². The largest absolute Gasteiger partial charge is 0.447 e. The summed E-state index contributed by atoms with van der Waals surface area (Å²) in [6.45, 7) is 1.43. The Hall–Kier alpha value is -2.59. The van der Waals surface area contributed by atoms with E-state index in [1.807, 2.05) is 6.07 Å². The number of furan rings is 1. The number of benzene rings is 1. The van der Waals surface area contributed by atoms with Gasteiger partial charge in [0.2, 0.25) is 5.76 Å². The molecule has 1 aromatic heterocycles. The summed E-state index contributed by atoms with van der Waals surface area (Å²) in [6, 6.07) is 11.5. The number of para-hydroxylation sites is 1.